The van der Waals surface area contributed by atoms with E-state index in [9.17, 15) is 33.6 Å². The van der Waals surface area contributed by atoms with Gasteiger partial charge in [-0.3, -0.25) is 48.9 Å². The Morgan fingerprint density at radius 1 is 0.653 bits per heavy atom. The molecule has 6 aromatic rings. The highest BCUT2D eigenvalue weighted by molar-refractivity contribution is 6.06. The summed E-state index contributed by atoms with van der Waals surface area (Å²) in [7, 11) is 3.88. The second-order valence-corrected chi connectivity index (χ2v) is 19.3. The smallest absolute Gasteiger partial charge is 0.310 e. The lowest BCUT2D eigenvalue weighted by atomic mass is 9.89. The molecule has 3 aromatic carbocycles. The summed E-state index contributed by atoms with van der Waals surface area (Å²) in [6.07, 6.45) is 15.7. The molecule has 6 amide bonds. The summed E-state index contributed by atoms with van der Waals surface area (Å²) in [5.41, 5.74) is 8.82. The van der Waals surface area contributed by atoms with Crippen molar-refractivity contribution in [2.24, 2.45) is 20.0 Å². The van der Waals surface area contributed by atoms with Crippen LogP contribution in [0.5, 0.6) is 0 Å². The van der Waals surface area contributed by atoms with Crippen LogP contribution >= 0.6 is 0 Å². The first-order valence-corrected chi connectivity index (χ1v) is 24.7. The summed E-state index contributed by atoms with van der Waals surface area (Å²) in [4.78, 5) is 98.6. The van der Waals surface area contributed by atoms with E-state index in [0.29, 0.717) is 55.4 Å². The zero-order valence-corrected chi connectivity index (χ0v) is 40.6. The van der Waals surface area contributed by atoms with Crippen LogP contribution in [0.25, 0.3) is 45.3 Å². The maximum atomic E-state index is 13.0. The van der Waals surface area contributed by atoms with Crippen LogP contribution in [0.15, 0.2) is 85.5 Å². The Hall–Kier alpha value is -8.02. The van der Waals surface area contributed by atoms with Crippen LogP contribution in [0.1, 0.15) is 102 Å². The van der Waals surface area contributed by atoms with E-state index in [4.69, 9.17) is 14.7 Å². The van der Waals surface area contributed by atoms with Crippen LogP contribution in [0, 0.1) is 5.92 Å². The molecular weight excluding hydrogens is 917 g/mol. The van der Waals surface area contributed by atoms with E-state index in [1.165, 1.54) is 37.0 Å². The molecule has 18 nitrogen and oxygen atoms in total. The molecule has 0 spiro atoms. The molecule has 11 rings (SSSR count). The monoisotopic (exact) mass is 972 g/mol. The Morgan fingerprint density at radius 2 is 1.21 bits per heavy atom. The minimum atomic E-state index is -0.650. The molecule has 0 bridgehead atoms. The van der Waals surface area contributed by atoms with Crippen molar-refractivity contribution in [1.29, 1.82) is 0 Å². The van der Waals surface area contributed by atoms with Gasteiger partial charge in [-0.15, -0.1) is 0 Å². The average molecular weight is 973 g/mol. The van der Waals surface area contributed by atoms with E-state index in [-0.39, 0.29) is 48.9 Å². The van der Waals surface area contributed by atoms with Gasteiger partial charge < -0.3 is 23.7 Å². The number of fused-ring (bicyclic) bond motifs is 2. The molecular formula is C54H56N10O8. The number of aryl methyl sites for hydroxylation is 2. The average Bonchev–Trinajstić information content (AvgIpc) is 4.21. The fourth-order valence-electron chi connectivity index (χ4n) is 10.7. The number of ether oxygens (including phenoxy) is 1. The largest absolute Gasteiger partial charge is 0.466 e. The summed E-state index contributed by atoms with van der Waals surface area (Å²) in [6.45, 7) is 3.72. The van der Waals surface area contributed by atoms with Gasteiger partial charge >= 0.3 is 5.97 Å². The van der Waals surface area contributed by atoms with Gasteiger partial charge in [0.2, 0.25) is 23.6 Å². The number of carbonyl (C=O) groups excluding carboxylic acids is 7. The van der Waals surface area contributed by atoms with Crippen molar-refractivity contribution in [2.75, 3.05) is 6.61 Å². The Kier molecular flexibility index (Phi) is 13.2. The second-order valence-electron chi connectivity index (χ2n) is 19.3. The number of benzene rings is 3. The molecule has 18 heteroatoms. The van der Waals surface area contributed by atoms with Crippen LogP contribution in [0.4, 0.5) is 0 Å². The number of imide groups is 2. The van der Waals surface area contributed by atoms with Gasteiger partial charge in [0.15, 0.2) is 0 Å². The predicted octanol–water partition coefficient (Wildman–Crippen LogP) is 5.91. The highest BCUT2D eigenvalue weighted by Crippen LogP contribution is 2.35. The Bertz CT molecular complexity index is 3160. The highest BCUT2D eigenvalue weighted by atomic mass is 16.5. The zero-order valence-electron chi connectivity index (χ0n) is 40.6. The van der Waals surface area contributed by atoms with E-state index in [0.717, 1.165) is 62.7 Å². The molecule has 2 saturated heterocycles. The number of hydrogen-bond acceptors (Lipinski definition) is 11. The van der Waals surface area contributed by atoms with E-state index in [2.05, 4.69) is 21.9 Å². The number of nitrogens with zero attached hydrogens (tertiary/aromatic N) is 8. The van der Waals surface area contributed by atoms with Crippen molar-refractivity contribution in [2.45, 2.75) is 103 Å². The first kappa shape index (κ1) is 47.6. The molecule has 3 aromatic heterocycles. The number of imidazole rings is 2. The molecule has 72 heavy (non-hydrogen) atoms. The molecule has 2 N–H and O–H groups in total. The van der Waals surface area contributed by atoms with Crippen molar-refractivity contribution in [3.8, 4) is 45.3 Å². The lowest BCUT2D eigenvalue weighted by Crippen LogP contribution is -2.52. The minimum Gasteiger partial charge on any atom is -0.466 e. The number of amides is 6. The second kappa shape index (κ2) is 20.0. The highest BCUT2D eigenvalue weighted by Gasteiger charge is 2.41. The number of hydrogen-bond donors (Lipinski definition) is 2. The molecule has 1 saturated carbocycles. The van der Waals surface area contributed by atoms with Gasteiger partial charge in [-0.05, 0) is 79.5 Å². The number of rotatable bonds is 11. The number of nitrogens with one attached hydrogen (secondary N) is 2. The van der Waals surface area contributed by atoms with Crippen molar-refractivity contribution in [3.05, 3.63) is 113 Å². The normalized spacial score (nSPS) is 18.9. The van der Waals surface area contributed by atoms with Gasteiger partial charge in [0.25, 0.3) is 11.8 Å². The standard InChI is InChI=1S/C27H30N6O3.C27H26N4O5/c1-31-16-22(29-25(31)20-12-28-32(14-20)13-17-5-3-2-4-6-17)18-7-8-21-19(11-18)15-33(27(21)36)23-9-10-24(34)30-26(23)35;1-3-36-24(33)13-16-6-4-5-7-19(16)25-28-21(15-30(25)2)17-8-9-20-18(12-17)14-31(27(20)35)22-10-11-23(32)29-26(22)34/h7-8,11-12,14,16-17,23H,2-6,9-10,13,15H2,1H3,(H,30,34,35);4-9,12,15,22H,3,10-11,13-14H2,1-2H3,(H,29,32,34). The Morgan fingerprint density at radius 3 is 1.78 bits per heavy atom. The number of piperidine rings is 2. The van der Waals surface area contributed by atoms with Crippen molar-refractivity contribution < 1.29 is 38.3 Å². The fraction of sp³-hybridized carbons (Fsp3) is 0.370. The molecule has 0 radical (unpaired) electrons. The van der Waals surface area contributed by atoms with Crippen molar-refractivity contribution >= 4 is 41.4 Å². The quantitative estimate of drug-likeness (QED) is 0.115. The third-order valence-corrected chi connectivity index (χ3v) is 14.4. The molecule has 2 atom stereocenters. The summed E-state index contributed by atoms with van der Waals surface area (Å²) in [6, 6.07) is 17.6. The van der Waals surface area contributed by atoms with Crippen LogP contribution in [0.2, 0.25) is 0 Å². The van der Waals surface area contributed by atoms with Gasteiger partial charge in [0.05, 0.1) is 36.2 Å². The third kappa shape index (κ3) is 9.60. The molecule has 370 valence electrons. The summed E-state index contributed by atoms with van der Waals surface area (Å²) < 4.78 is 11.1. The maximum Gasteiger partial charge on any atom is 0.310 e. The van der Waals surface area contributed by atoms with Crippen molar-refractivity contribution in [1.82, 2.24) is 49.3 Å². The van der Waals surface area contributed by atoms with Gasteiger partial charge in [-0.2, -0.15) is 5.10 Å². The van der Waals surface area contributed by atoms with Crippen LogP contribution in [0.3, 0.4) is 0 Å². The minimum absolute atomic E-state index is 0.156. The van der Waals surface area contributed by atoms with E-state index in [1.807, 2.05) is 101 Å². The van der Waals surface area contributed by atoms with Crippen LogP contribution < -0.4 is 10.6 Å². The first-order valence-electron chi connectivity index (χ1n) is 24.7. The van der Waals surface area contributed by atoms with Gasteiger partial charge in [0, 0.05) is 93.0 Å². The van der Waals surface area contributed by atoms with E-state index in [1.54, 1.807) is 17.9 Å². The lowest BCUT2D eigenvalue weighted by molar-refractivity contribution is -0.142. The Balaban J connectivity index is 0.000000166. The van der Waals surface area contributed by atoms with Crippen LogP contribution in [-0.4, -0.2) is 98.8 Å². The molecule has 4 aliphatic heterocycles. The van der Waals surface area contributed by atoms with E-state index >= 15 is 0 Å². The summed E-state index contributed by atoms with van der Waals surface area (Å²) in [5, 5.41) is 9.27. The number of aromatic nitrogens is 6. The fourth-order valence-corrected chi connectivity index (χ4v) is 10.7. The topological polar surface area (TPSA) is 213 Å². The molecule has 7 heterocycles. The van der Waals surface area contributed by atoms with E-state index < -0.39 is 23.9 Å². The van der Waals surface area contributed by atoms with Gasteiger partial charge in [-0.1, -0.05) is 55.7 Å². The molecule has 1 aliphatic carbocycles. The first-order chi connectivity index (χ1) is 34.8. The van der Waals surface area contributed by atoms with Crippen molar-refractivity contribution in [3.63, 3.8) is 0 Å². The van der Waals surface area contributed by atoms with Crippen LogP contribution in [-0.2, 0) is 68.9 Å². The third-order valence-electron chi connectivity index (χ3n) is 14.4. The Labute approximate surface area is 415 Å². The zero-order chi connectivity index (χ0) is 50.2. The molecule has 2 unspecified atom stereocenters. The lowest BCUT2D eigenvalue weighted by Gasteiger charge is -2.29. The number of carbonyl (C=O) groups is 7. The summed E-state index contributed by atoms with van der Waals surface area (Å²) in [5.74, 6) is 0.188. The molecule has 3 fully saturated rings. The SMILES string of the molecule is CCOC(=O)Cc1ccccc1-c1nc(-c2ccc3c(c2)CN(C2CCC(=O)NC2=O)C3=O)cn1C.Cn1cc(-c2ccc3c(c2)CN(C2CCC(=O)NC2=O)C3=O)nc1-c1cnn(CC2CCCCC2)c1. The van der Waals surface area contributed by atoms with Gasteiger partial charge in [-0.25, -0.2) is 9.97 Å². The molecule has 5 aliphatic rings. The van der Waals surface area contributed by atoms with Gasteiger partial charge in [0.1, 0.15) is 23.7 Å². The number of esters is 1. The maximum absolute atomic E-state index is 13.0. The predicted molar refractivity (Wildman–Crippen MR) is 263 cm³/mol. The summed E-state index contributed by atoms with van der Waals surface area (Å²) >= 11 is 0.